The van der Waals surface area contributed by atoms with Crippen LogP contribution in [0.5, 0.6) is 0 Å². The van der Waals surface area contributed by atoms with E-state index in [9.17, 15) is 14.7 Å². The second-order valence-corrected chi connectivity index (χ2v) is 4.88. The Labute approximate surface area is 123 Å². The number of carbonyl (C=O) groups is 2. The number of rotatable bonds is 5. The maximum atomic E-state index is 12.1. The predicted molar refractivity (Wildman–Crippen MR) is 76.0 cm³/mol. The molecule has 1 fully saturated rings. The van der Waals surface area contributed by atoms with Crippen LogP contribution in [0.3, 0.4) is 0 Å². The van der Waals surface area contributed by atoms with Crippen molar-refractivity contribution in [2.45, 2.75) is 32.2 Å². The van der Waals surface area contributed by atoms with Crippen molar-refractivity contribution in [3.8, 4) is 0 Å². The lowest BCUT2D eigenvalue weighted by Crippen LogP contribution is -2.40. The Hall–Kier alpha value is -1.92. The third-order valence-electron chi connectivity index (χ3n) is 3.39. The molecule has 21 heavy (non-hydrogen) atoms. The summed E-state index contributed by atoms with van der Waals surface area (Å²) in [5.41, 5.74) is 1.06. The van der Waals surface area contributed by atoms with Gasteiger partial charge >= 0.3 is 5.97 Å². The number of aryl methyl sites for hydroxylation is 1. The molecule has 0 spiro atoms. The Kier molecular flexibility index (Phi) is 5.30. The topological polar surface area (TPSA) is 78.9 Å². The number of nitrogens with one attached hydrogen (secondary N) is 1. The SMILES string of the molecule is CCOC(=O)[C@@H]1CN(C(=O)CCc2ccccc2)C(O)N1. The molecule has 1 aromatic rings. The van der Waals surface area contributed by atoms with Gasteiger partial charge in [0.15, 0.2) is 6.35 Å². The fraction of sp³-hybridized carbons (Fsp3) is 0.467. The van der Waals surface area contributed by atoms with Gasteiger partial charge in [-0.05, 0) is 18.9 Å². The average Bonchev–Trinajstić information content (AvgIpc) is 2.88. The number of esters is 1. The van der Waals surface area contributed by atoms with Crippen molar-refractivity contribution in [3.05, 3.63) is 35.9 Å². The molecule has 0 aromatic heterocycles. The number of aliphatic hydroxyl groups is 1. The lowest BCUT2D eigenvalue weighted by Gasteiger charge is -2.19. The highest BCUT2D eigenvalue weighted by Crippen LogP contribution is 2.12. The molecule has 0 bridgehead atoms. The molecule has 6 nitrogen and oxygen atoms in total. The summed E-state index contributed by atoms with van der Waals surface area (Å²) >= 11 is 0. The molecule has 6 heteroatoms. The van der Waals surface area contributed by atoms with Crippen LogP contribution in [-0.4, -0.2) is 47.4 Å². The van der Waals surface area contributed by atoms with E-state index in [1.807, 2.05) is 30.3 Å². The predicted octanol–water partition coefficient (Wildman–Crippen LogP) is 0.259. The van der Waals surface area contributed by atoms with Crippen LogP contribution in [0.1, 0.15) is 18.9 Å². The summed E-state index contributed by atoms with van der Waals surface area (Å²) in [6.45, 7) is 2.12. The van der Waals surface area contributed by atoms with Crippen molar-refractivity contribution >= 4 is 11.9 Å². The van der Waals surface area contributed by atoms with Gasteiger partial charge in [0.1, 0.15) is 6.04 Å². The molecule has 1 heterocycles. The highest BCUT2D eigenvalue weighted by Gasteiger charge is 2.37. The van der Waals surface area contributed by atoms with Crippen molar-refractivity contribution < 1.29 is 19.4 Å². The first-order chi connectivity index (χ1) is 10.1. The zero-order chi connectivity index (χ0) is 15.2. The average molecular weight is 292 g/mol. The second-order valence-electron chi connectivity index (χ2n) is 4.88. The van der Waals surface area contributed by atoms with Crippen LogP contribution in [0.2, 0.25) is 0 Å². The number of hydrogen-bond donors (Lipinski definition) is 2. The van der Waals surface area contributed by atoms with Crippen LogP contribution in [-0.2, 0) is 20.7 Å². The van der Waals surface area contributed by atoms with Gasteiger partial charge in [0.25, 0.3) is 0 Å². The van der Waals surface area contributed by atoms with E-state index in [2.05, 4.69) is 5.32 Å². The van der Waals surface area contributed by atoms with Gasteiger partial charge < -0.3 is 14.7 Å². The number of benzene rings is 1. The zero-order valence-corrected chi connectivity index (χ0v) is 12.0. The van der Waals surface area contributed by atoms with E-state index in [0.717, 1.165) is 5.56 Å². The summed E-state index contributed by atoms with van der Waals surface area (Å²) in [4.78, 5) is 25.0. The van der Waals surface area contributed by atoms with Crippen LogP contribution in [0.25, 0.3) is 0 Å². The summed E-state index contributed by atoms with van der Waals surface area (Å²) in [7, 11) is 0. The molecular weight excluding hydrogens is 272 g/mol. The first-order valence-corrected chi connectivity index (χ1v) is 7.06. The maximum absolute atomic E-state index is 12.1. The van der Waals surface area contributed by atoms with Crippen molar-refractivity contribution in [2.75, 3.05) is 13.2 Å². The first kappa shape index (κ1) is 15.5. The Morgan fingerprint density at radius 1 is 1.38 bits per heavy atom. The summed E-state index contributed by atoms with van der Waals surface area (Å²) < 4.78 is 4.88. The molecule has 2 atom stereocenters. The summed E-state index contributed by atoms with van der Waals surface area (Å²) in [6, 6.07) is 9.00. The molecule has 2 N–H and O–H groups in total. The minimum Gasteiger partial charge on any atom is -0.465 e. The smallest absolute Gasteiger partial charge is 0.325 e. The van der Waals surface area contributed by atoms with Crippen molar-refractivity contribution in [2.24, 2.45) is 0 Å². The molecule has 114 valence electrons. The molecule has 0 radical (unpaired) electrons. The van der Waals surface area contributed by atoms with E-state index in [4.69, 9.17) is 4.74 Å². The summed E-state index contributed by atoms with van der Waals surface area (Å²) in [5, 5.41) is 12.5. The van der Waals surface area contributed by atoms with Gasteiger partial charge in [-0.1, -0.05) is 30.3 Å². The molecule has 2 rings (SSSR count). The van der Waals surface area contributed by atoms with Gasteiger partial charge in [-0.15, -0.1) is 0 Å². The van der Waals surface area contributed by atoms with Crippen LogP contribution < -0.4 is 5.32 Å². The van der Waals surface area contributed by atoms with E-state index < -0.39 is 18.4 Å². The number of ether oxygens (including phenoxy) is 1. The van der Waals surface area contributed by atoms with E-state index in [-0.39, 0.29) is 25.5 Å². The number of nitrogens with zero attached hydrogens (tertiary/aromatic N) is 1. The van der Waals surface area contributed by atoms with Gasteiger partial charge in [-0.25, -0.2) is 0 Å². The first-order valence-electron chi connectivity index (χ1n) is 7.06. The van der Waals surface area contributed by atoms with Crippen LogP contribution >= 0.6 is 0 Å². The quantitative estimate of drug-likeness (QED) is 0.761. The van der Waals surface area contributed by atoms with Gasteiger partial charge in [0.05, 0.1) is 13.2 Å². The van der Waals surface area contributed by atoms with Crippen LogP contribution in [0.15, 0.2) is 30.3 Å². The number of aliphatic hydroxyl groups excluding tert-OH is 1. The molecule has 1 aliphatic rings. The molecule has 1 amide bonds. The molecule has 1 saturated heterocycles. The second kappa shape index (κ2) is 7.19. The van der Waals surface area contributed by atoms with Gasteiger partial charge in [-0.2, -0.15) is 0 Å². The van der Waals surface area contributed by atoms with Gasteiger partial charge in [0, 0.05) is 6.42 Å². The van der Waals surface area contributed by atoms with E-state index in [0.29, 0.717) is 6.42 Å². The number of hydrogen-bond acceptors (Lipinski definition) is 5. The van der Waals surface area contributed by atoms with E-state index in [1.165, 1.54) is 4.90 Å². The van der Waals surface area contributed by atoms with E-state index >= 15 is 0 Å². The Balaban J connectivity index is 1.86. The zero-order valence-electron chi connectivity index (χ0n) is 12.0. The molecule has 0 saturated carbocycles. The third kappa shape index (κ3) is 4.03. The molecule has 1 aliphatic heterocycles. The van der Waals surface area contributed by atoms with E-state index in [1.54, 1.807) is 6.92 Å². The van der Waals surface area contributed by atoms with Crippen LogP contribution in [0.4, 0.5) is 0 Å². The highest BCUT2D eigenvalue weighted by molar-refractivity contribution is 5.81. The summed E-state index contributed by atoms with van der Waals surface area (Å²) in [6.07, 6.45) is -0.242. The Morgan fingerprint density at radius 2 is 2.10 bits per heavy atom. The fourth-order valence-corrected chi connectivity index (χ4v) is 2.28. The molecule has 1 aromatic carbocycles. The number of carbonyl (C=O) groups excluding carboxylic acids is 2. The minimum absolute atomic E-state index is 0.133. The maximum Gasteiger partial charge on any atom is 0.325 e. The highest BCUT2D eigenvalue weighted by atomic mass is 16.5. The van der Waals surface area contributed by atoms with Gasteiger partial charge in [0.2, 0.25) is 5.91 Å². The Morgan fingerprint density at radius 3 is 2.76 bits per heavy atom. The van der Waals surface area contributed by atoms with Crippen molar-refractivity contribution in [3.63, 3.8) is 0 Å². The fourth-order valence-electron chi connectivity index (χ4n) is 2.28. The Bertz CT molecular complexity index is 492. The number of amides is 1. The molecule has 0 aliphatic carbocycles. The minimum atomic E-state index is -1.14. The standard InChI is InChI=1S/C15H20N2O4/c1-2-21-14(19)12-10-17(15(20)16-12)13(18)9-8-11-6-4-3-5-7-11/h3-7,12,15-16,20H,2,8-10H2,1H3/t12-,15?/m0/s1. The monoisotopic (exact) mass is 292 g/mol. The molecule has 1 unspecified atom stereocenters. The van der Waals surface area contributed by atoms with Crippen molar-refractivity contribution in [1.82, 2.24) is 10.2 Å². The lowest BCUT2D eigenvalue weighted by molar-refractivity contribution is -0.145. The van der Waals surface area contributed by atoms with Gasteiger partial charge in [-0.3, -0.25) is 14.9 Å². The lowest BCUT2D eigenvalue weighted by atomic mass is 10.1. The third-order valence-corrected chi connectivity index (χ3v) is 3.39. The van der Waals surface area contributed by atoms with Crippen molar-refractivity contribution in [1.29, 1.82) is 0 Å². The molecular formula is C15H20N2O4. The largest absolute Gasteiger partial charge is 0.465 e. The van der Waals surface area contributed by atoms with Crippen LogP contribution in [0, 0.1) is 0 Å². The summed E-state index contributed by atoms with van der Waals surface area (Å²) in [5.74, 6) is -0.638. The normalized spacial score (nSPS) is 21.3.